The van der Waals surface area contributed by atoms with E-state index in [2.05, 4.69) is 174 Å². The van der Waals surface area contributed by atoms with Crippen molar-refractivity contribution in [3.63, 3.8) is 0 Å². The minimum Gasteiger partial charge on any atom is -0.311 e. The van der Waals surface area contributed by atoms with Crippen LogP contribution in [0.25, 0.3) is 0 Å². The molecule has 7 aliphatic carbocycles. The Morgan fingerprint density at radius 3 is 1.48 bits per heavy atom. The Kier molecular flexibility index (Phi) is 8.03. The van der Waals surface area contributed by atoms with E-state index in [1.54, 1.807) is 11.1 Å². The fourth-order valence-electron chi connectivity index (χ4n) is 18.3. The first-order valence-corrected chi connectivity index (χ1v) is 28.4. The van der Waals surface area contributed by atoms with Crippen molar-refractivity contribution >= 4 is 86.0 Å². The summed E-state index contributed by atoms with van der Waals surface area (Å²) in [7, 11) is -2.87. The molecule has 0 saturated heterocycles. The maximum absolute atomic E-state index is 2.87. The van der Waals surface area contributed by atoms with E-state index >= 15 is 0 Å². The molecule has 0 amide bonds. The van der Waals surface area contributed by atoms with Gasteiger partial charge in [-0.1, -0.05) is 122 Å². The maximum Gasteiger partial charge on any atom is 0.251 e. The molecule has 7 aromatic carbocycles. The van der Waals surface area contributed by atoms with Crippen LogP contribution in [0.15, 0.2) is 164 Å². The predicted octanol–water partition coefficient (Wildman–Crippen LogP) is 10.9. The Morgan fingerprint density at radius 1 is 0.418 bits per heavy atom. The Morgan fingerprint density at radius 2 is 0.910 bits per heavy atom. The number of hydrogen-bond acceptors (Lipinski definition) is 2. The number of hydrogen-bond donors (Lipinski definition) is 0. The van der Waals surface area contributed by atoms with E-state index < -0.39 is 8.07 Å². The molecule has 328 valence electrons. The summed E-state index contributed by atoms with van der Waals surface area (Å²) in [5.74, 6) is 7.27. The average molecular weight is 883 g/mol. The maximum atomic E-state index is 2.68. The van der Waals surface area contributed by atoms with Crippen molar-refractivity contribution in [2.75, 3.05) is 9.80 Å². The number of benzene rings is 7. The molecular weight excluding hydrogens is 824 g/mol. The number of anilines is 6. The Bertz CT molecular complexity index is 3040. The van der Waals surface area contributed by atoms with Crippen molar-refractivity contribution in [3.8, 4) is 0 Å². The lowest BCUT2D eigenvalue weighted by molar-refractivity contribution is -0.00518. The van der Waals surface area contributed by atoms with Gasteiger partial charge in [-0.3, -0.25) is 0 Å². The van der Waals surface area contributed by atoms with Crippen LogP contribution in [0.3, 0.4) is 0 Å². The van der Waals surface area contributed by atoms with Gasteiger partial charge in [-0.15, -0.1) is 0 Å². The van der Waals surface area contributed by atoms with Crippen molar-refractivity contribution in [2.45, 2.75) is 88.4 Å². The van der Waals surface area contributed by atoms with E-state index in [0.717, 1.165) is 41.4 Å². The van der Waals surface area contributed by atoms with Crippen molar-refractivity contribution in [1.82, 2.24) is 0 Å². The van der Waals surface area contributed by atoms with Crippen LogP contribution >= 0.6 is 0 Å². The zero-order valence-corrected chi connectivity index (χ0v) is 39.7. The normalized spacial score (nSPS) is 30.4. The van der Waals surface area contributed by atoms with E-state index in [9.17, 15) is 0 Å². The van der Waals surface area contributed by atoms with Gasteiger partial charge in [0.1, 0.15) is 0 Å². The summed E-state index contributed by atoms with van der Waals surface area (Å²) < 4.78 is 0. The van der Waals surface area contributed by atoms with Crippen LogP contribution in [0, 0.1) is 41.4 Å². The van der Waals surface area contributed by atoms with Gasteiger partial charge in [-0.2, -0.15) is 0 Å². The van der Waals surface area contributed by atoms with Gasteiger partial charge in [0.15, 0.2) is 8.07 Å². The molecule has 0 spiro atoms. The lowest BCUT2D eigenvalue weighted by atomic mass is 9.33. The fraction of sp³-hybridized carbons (Fsp3) is 0.333. The topological polar surface area (TPSA) is 6.48 Å². The first-order chi connectivity index (χ1) is 33.1. The van der Waals surface area contributed by atoms with Gasteiger partial charge in [0, 0.05) is 34.1 Å². The van der Waals surface area contributed by atoms with Gasteiger partial charge < -0.3 is 9.80 Å². The van der Waals surface area contributed by atoms with Gasteiger partial charge in [0.25, 0.3) is 6.71 Å². The molecule has 67 heavy (non-hydrogen) atoms. The second-order valence-electron chi connectivity index (χ2n) is 23.4. The Hall–Kier alpha value is -5.58. The molecule has 7 fully saturated rings. The van der Waals surface area contributed by atoms with Crippen molar-refractivity contribution < 1.29 is 0 Å². The summed E-state index contributed by atoms with van der Waals surface area (Å²) in [4.78, 5) is 5.36. The van der Waals surface area contributed by atoms with Crippen LogP contribution in [0.2, 0.25) is 0 Å². The van der Waals surface area contributed by atoms with Gasteiger partial charge >= 0.3 is 0 Å². The first-order valence-electron chi connectivity index (χ1n) is 26.4. The van der Waals surface area contributed by atoms with E-state index in [-0.39, 0.29) is 6.71 Å². The highest BCUT2D eigenvalue weighted by atomic mass is 28.3. The molecule has 0 N–H and O–H groups in total. The third-order valence-corrected chi connectivity index (χ3v) is 25.1. The predicted molar refractivity (Wildman–Crippen MR) is 282 cm³/mol. The molecule has 0 aromatic heterocycles. The molecule has 17 rings (SSSR count). The molecule has 0 radical (unpaired) electrons. The quantitative estimate of drug-likeness (QED) is 0.154. The standard InChI is InChI=1S/C63H59BN2Si/c1-3-10-50(11-4-1)67(51-12-5-2-6-13-51)58-18-8-16-56-61(58)64-60-54(65(56)48-25-21-45(22-26-48)53-36-41-30-40-20-29-52(53)46(34-40)35-41)14-7-15-55(60)66(57-17-9-19-59(67)62(57)64)49-27-23-47(24-28-49)63-37-42-31-43(38-63)33-44(32-42)39-63/h1-19,21-28,40-44,46,52-53H,20,29-39H2. The van der Waals surface area contributed by atoms with Gasteiger partial charge in [-0.05, 0) is 220 Å². The molecule has 7 bridgehead atoms. The summed E-state index contributed by atoms with van der Waals surface area (Å²) in [6, 6.07) is 65.7. The zero-order chi connectivity index (χ0) is 43.6. The average Bonchev–Trinajstić information content (AvgIpc) is 3.36. The fourth-order valence-corrected chi connectivity index (χ4v) is 23.6. The highest BCUT2D eigenvalue weighted by Gasteiger charge is 2.57. The number of rotatable bonds is 6. The van der Waals surface area contributed by atoms with Crippen molar-refractivity contribution in [3.05, 3.63) is 175 Å². The zero-order valence-electron chi connectivity index (χ0n) is 38.7. The summed E-state index contributed by atoms with van der Waals surface area (Å²) in [6.07, 6.45) is 17.4. The monoisotopic (exact) mass is 882 g/mol. The summed E-state index contributed by atoms with van der Waals surface area (Å²) >= 11 is 0. The second kappa shape index (κ2) is 14.0. The number of nitrogens with zero attached hydrogens (tertiary/aromatic N) is 2. The lowest BCUT2D eigenvalue weighted by Gasteiger charge is -2.57. The summed E-state index contributed by atoms with van der Waals surface area (Å²) in [5.41, 5.74) is 16.0. The van der Waals surface area contributed by atoms with Gasteiger partial charge in [-0.25, -0.2) is 0 Å². The minimum absolute atomic E-state index is 0.131. The van der Waals surface area contributed by atoms with Crippen LogP contribution in [-0.2, 0) is 5.41 Å². The van der Waals surface area contributed by atoms with Gasteiger partial charge in [0.05, 0.1) is 0 Å². The van der Waals surface area contributed by atoms with Crippen LogP contribution in [-0.4, -0.2) is 14.8 Å². The molecule has 7 aromatic rings. The highest BCUT2D eigenvalue weighted by molar-refractivity contribution is 7.27. The van der Waals surface area contributed by atoms with Crippen LogP contribution in [0.4, 0.5) is 34.1 Å². The number of fused-ring (bicyclic) bond motifs is 2. The molecular formula is C63H59BN2Si. The van der Waals surface area contributed by atoms with E-state index in [0.29, 0.717) is 11.3 Å². The third kappa shape index (κ3) is 5.24. The van der Waals surface area contributed by atoms with Crippen molar-refractivity contribution in [2.24, 2.45) is 41.4 Å². The van der Waals surface area contributed by atoms with E-state index in [1.807, 2.05) is 0 Å². The van der Waals surface area contributed by atoms with Gasteiger partial charge in [0.2, 0.25) is 0 Å². The minimum atomic E-state index is -2.87. The lowest BCUT2D eigenvalue weighted by Crippen LogP contribution is -2.88. The first kappa shape index (κ1) is 38.4. The largest absolute Gasteiger partial charge is 0.311 e. The molecule has 2 nitrogen and oxygen atoms in total. The molecule has 10 aliphatic rings. The SMILES string of the molecule is c1ccc([Si]2(c3ccccc3)c3cccc4c3B3c5c(cccc5N(c5ccc(C67CC8CC(CC(C8)C6)C7)cc5)c5cccc2c53)N4c2ccc(C3CC4CC5CCC3C(C5)C4)cc2)cc1. The van der Waals surface area contributed by atoms with Crippen molar-refractivity contribution in [1.29, 1.82) is 0 Å². The van der Waals surface area contributed by atoms with Crippen LogP contribution in [0.5, 0.6) is 0 Å². The Labute approximate surface area is 398 Å². The molecule has 5 atom stereocenters. The molecule has 7 saturated carbocycles. The van der Waals surface area contributed by atoms with Crippen LogP contribution < -0.4 is 46.9 Å². The van der Waals surface area contributed by atoms with E-state index in [4.69, 9.17) is 0 Å². The van der Waals surface area contributed by atoms with E-state index in [1.165, 1.54) is 148 Å². The highest BCUT2D eigenvalue weighted by Crippen LogP contribution is 2.61. The Balaban J connectivity index is 0.914. The van der Waals surface area contributed by atoms with Crippen LogP contribution in [0.1, 0.15) is 94.1 Å². The molecule has 5 unspecified atom stereocenters. The molecule has 3 heterocycles. The summed E-state index contributed by atoms with van der Waals surface area (Å²) in [6.45, 7) is 0.131. The third-order valence-electron chi connectivity index (χ3n) is 20.2. The summed E-state index contributed by atoms with van der Waals surface area (Å²) in [5, 5.41) is 5.99. The second-order valence-corrected chi connectivity index (χ2v) is 27.1. The molecule has 4 heteroatoms. The smallest absolute Gasteiger partial charge is 0.251 e. The molecule has 3 aliphatic heterocycles.